The lowest BCUT2D eigenvalue weighted by molar-refractivity contribution is 0.442. The maximum Gasteiger partial charge on any atom is 0.120 e. The minimum Gasteiger partial charge on any atom is -0.234 e. The molecule has 0 atom stereocenters. The van der Waals surface area contributed by atoms with Crippen molar-refractivity contribution < 1.29 is 0 Å². The van der Waals surface area contributed by atoms with Gasteiger partial charge in [-0.05, 0) is 35.7 Å². The van der Waals surface area contributed by atoms with Crippen LogP contribution in [0.4, 0.5) is 0 Å². The maximum atomic E-state index is 4.57. The van der Waals surface area contributed by atoms with Gasteiger partial charge in [0.2, 0.25) is 0 Å². The van der Waals surface area contributed by atoms with Gasteiger partial charge in [-0.3, -0.25) is 0 Å². The predicted octanol–water partition coefficient (Wildman–Crippen LogP) is 4.26. The van der Waals surface area contributed by atoms with Crippen LogP contribution >= 0.6 is 27.3 Å². The number of thiazole rings is 1. The smallest absolute Gasteiger partial charge is 0.120 e. The van der Waals surface area contributed by atoms with Gasteiger partial charge < -0.3 is 0 Å². The highest BCUT2D eigenvalue weighted by Crippen LogP contribution is 2.36. The zero-order valence-electron chi connectivity index (χ0n) is 7.85. The van der Waals surface area contributed by atoms with Gasteiger partial charge in [-0.25, -0.2) is 4.98 Å². The molecule has 2 rings (SSSR count). The van der Waals surface area contributed by atoms with Crippen molar-refractivity contribution in [1.82, 2.24) is 4.98 Å². The number of aromatic nitrogens is 1. The van der Waals surface area contributed by atoms with E-state index in [9.17, 15) is 0 Å². The molecule has 0 N–H and O–H groups in total. The summed E-state index contributed by atoms with van der Waals surface area (Å²) in [7, 11) is 0. The fourth-order valence-corrected chi connectivity index (χ4v) is 3.46. The largest absolute Gasteiger partial charge is 0.234 e. The molecule has 0 radical (unpaired) electrons. The third-order valence-corrected chi connectivity index (χ3v) is 4.88. The molecule has 0 spiro atoms. The molecule has 0 bridgehead atoms. The van der Waals surface area contributed by atoms with E-state index < -0.39 is 0 Å². The van der Waals surface area contributed by atoms with Crippen molar-refractivity contribution in [2.75, 3.05) is 0 Å². The van der Waals surface area contributed by atoms with Crippen LogP contribution in [0, 0.1) is 6.92 Å². The second-order valence-corrected chi connectivity index (χ2v) is 5.72. The van der Waals surface area contributed by atoms with Crippen LogP contribution < -0.4 is 0 Å². The Bertz CT molecular complexity index is 270. The summed E-state index contributed by atoms with van der Waals surface area (Å²) < 4.78 is 1.05. The molecule has 1 aliphatic rings. The van der Waals surface area contributed by atoms with E-state index >= 15 is 0 Å². The van der Waals surface area contributed by atoms with Gasteiger partial charge >= 0.3 is 0 Å². The molecule has 0 unspecified atom stereocenters. The van der Waals surface area contributed by atoms with Gasteiger partial charge in [0.25, 0.3) is 0 Å². The third-order valence-electron chi connectivity index (χ3n) is 2.71. The number of rotatable bonds is 1. The zero-order chi connectivity index (χ0) is 9.26. The molecule has 1 fully saturated rings. The quantitative estimate of drug-likeness (QED) is 0.735. The van der Waals surface area contributed by atoms with Gasteiger partial charge in [0.05, 0.1) is 5.01 Å². The fourth-order valence-electron chi connectivity index (χ4n) is 1.92. The summed E-state index contributed by atoms with van der Waals surface area (Å²) in [4.78, 5) is 5.89. The van der Waals surface area contributed by atoms with Crippen LogP contribution in [0.2, 0.25) is 0 Å². The van der Waals surface area contributed by atoms with Crippen LogP contribution in [-0.2, 0) is 0 Å². The van der Waals surface area contributed by atoms with E-state index in [1.807, 2.05) is 11.3 Å². The van der Waals surface area contributed by atoms with Gasteiger partial charge in [-0.15, -0.1) is 11.3 Å². The van der Waals surface area contributed by atoms with E-state index in [2.05, 4.69) is 27.8 Å². The summed E-state index contributed by atoms with van der Waals surface area (Å²) in [5, 5.41) is 1.35. The number of halogens is 1. The second-order valence-electron chi connectivity index (χ2n) is 3.73. The molecule has 13 heavy (non-hydrogen) atoms. The molecule has 1 aromatic heterocycles. The van der Waals surface area contributed by atoms with Crippen molar-refractivity contribution in [3.05, 3.63) is 14.5 Å². The topological polar surface area (TPSA) is 12.9 Å². The van der Waals surface area contributed by atoms with E-state index in [4.69, 9.17) is 0 Å². The molecule has 0 saturated heterocycles. The highest BCUT2D eigenvalue weighted by molar-refractivity contribution is 9.10. The highest BCUT2D eigenvalue weighted by Gasteiger charge is 2.19. The molecule has 1 aromatic rings. The zero-order valence-corrected chi connectivity index (χ0v) is 10.2. The first-order valence-electron chi connectivity index (χ1n) is 4.90. The van der Waals surface area contributed by atoms with Gasteiger partial charge in [0.1, 0.15) is 4.60 Å². The monoisotopic (exact) mass is 259 g/mol. The second kappa shape index (κ2) is 4.09. The lowest BCUT2D eigenvalue weighted by Crippen LogP contribution is -2.03. The van der Waals surface area contributed by atoms with Crippen molar-refractivity contribution in [2.24, 2.45) is 0 Å². The summed E-state index contributed by atoms with van der Waals surface area (Å²) >= 11 is 5.34. The molecule has 1 nitrogen and oxygen atoms in total. The third kappa shape index (κ3) is 2.13. The van der Waals surface area contributed by atoms with Crippen molar-refractivity contribution >= 4 is 27.3 Å². The number of aryl methyl sites for hydroxylation is 1. The van der Waals surface area contributed by atoms with Crippen LogP contribution in [0.25, 0.3) is 0 Å². The normalized spacial score (nSPS) is 19.2. The Morgan fingerprint density at radius 3 is 2.54 bits per heavy atom. The van der Waals surface area contributed by atoms with Crippen LogP contribution in [0.3, 0.4) is 0 Å². The summed E-state index contributed by atoms with van der Waals surface area (Å²) in [6.07, 6.45) is 6.89. The van der Waals surface area contributed by atoms with Crippen LogP contribution in [0.15, 0.2) is 4.60 Å². The molecular formula is C10H14BrNS. The van der Waals surface area contributed by atoms with E-state index in [0.717, 1.165) is 10.5 Å². The van der Waals surface area contributed by atoms with Crippen LogP contribution in [0.5, 0.6) is 0 Å². The highest BCUT2D eigenvalue weighted by atomic mass is 79.9. The molecule has 1 aliphatic carbocycles. The fraction of sp³-hybridized carbons (Fsp3) is 0.700. The molecule has 1 heterocycles. The van der Waals surface area contributed by atoms with Gasteiger partial charge in [-0.1, -0.05) is 19.3 Å². The number of hydrogen-bond donors (Lipinski definition) is 0. The Hall–Kier alpha value is 0.110. The number of nitrogens with zero attached hydrogens (tertiary/aromatic N) is 1. The molecule has 1 saturated carbocycles. The summed E-state index contributed by atoms with van der Waals surface area (Å²) in [6, 6.07) is 0. The summed E-state index contributed by atoms with van der Waals surface area (Å²) in [5.41, 5.74) is 0. The van der Waals surface area contributed by atoms with Gasteiger partial charge in [0, 0.05) is 10.8 Å². The maximum absolute atomic E-state index is 4.57. The molecule has 0 aromatic carbocycles. The van der Waals surface area contributed by atoms with E-state index in [1.54, 1.807) is 0 Å². The minimum absolute atomic E-state index is 0.753. The molecular weight excluding hydrogens is 246 g/mol. The van der Waals surface area contributed by atoms with Crippen LogP contribution in [-0.4, -0.2) is 4.98 Å². The summed E-state index contributed by atoms with van der Waals surface area (Å²) in [6.45, 7) is 2.13. The van der Waals surface area contributed by atoms with E-state index in [0.29, 0.717) is 0 Å². The Morgan fingerprint density at radius 1 is 1.31 bits per heavy atom. The standard InChI is InChI=1S/C10H14BrNS/c1-7-9(11)12-10(13-7)8-5-3-2-4-6-8/h8H,2-6H2,1H3. The van der Waals surface area contributed by atoms with Crippen molar-refractivity contribution in [2.45, 2.75) is 44.9 Å². The average molecular weight is 260 g/mol. The summed E-state index contributed by atoms with van der Waals surface area (Å²) in [5.74, 6) is 0.753. The van der Waals surface area contributed by atoms with Gasteiger partial charge in [0.15, 0.2) is 0 Å². The Labute approximate surface area is 91.7 Å². The number of hydrogen-bond acceptors (Lipinski definition) is 2. The molecule has 0 amide bonds. The van der Waals surface area contributed by atoms with Crippen molar-refractivity contribution in [3.63, 3.8) is 0 Å². The van der Waals surface area contributed by atoms with Crippen molar-refractivity contribution in [1.29, 1.82) is 0 Å². The predicted molar refractivity (Wildman–Crippen MR) is 60.4 cm³/mol. The Balaban J connectivity index is 2.14. The molecule has 3 heteroatoms. The molecule has 72 valence electrons. The first-order valence-corrected chi connectivity index (χ1v) is 6.51. The van der Waals surface area contributed by atoms with E-state index in [-0.39, 0.29) is 0 Å². The Morgan fingerprint density at radius 2 is 2.00 bits per heavy atom. The lowest BCUT2D eigenvalue weighted by atomic mass is 9.90. The first-order chi connectivity index (χ1) is 6.27. The molecule has 0 aliphatic heterocycles. The van der Waals surface area contributed by atoms with E-state index in [1.165, 1.54) is 42.0 Å². The Kier molecular flexibility index (Phi) is 3.04. The van der Waals surface area contributed by atoms with Crippen LogP contribution in [0.1, 0.15) is 47.9 Å². The first kappa shape index (κ1) is 9.66. The average Bonchev–Trinajstić information content (AvgIpc) is 2.49. The van der Waals surface area contributed by atoms with Crippen molar-refractivity contribution in [3.8, 4) is 0 Å². The lowest BCUT2D eigenvalue weighted by Gasteiger charge is -2.18. The SMILES string of the molecule is Cc1sc(C2CCCCC2)nc1Br. The van der Waals surface area contributed by atoms with Gasteiger partial charge in [-0.2, -0.15) is 0 Å². The minimum atomic E-state index is 0.753.